The van der Waals surface area contributed by atoms with Crippen molar-refractivity contribution in [2.75, 3.05) is 11.9 Å². The SMILES string of the molecule is N#CCOc1cccc(Cl)c1-c1ccc2c(c1)CC(=O)N2. The zero-order valence-corrected chi connectivity index (χ0v) is 11.8. The molecule has 1 N–H and O–H groups in total. The molecule has 4 nitrogen and oxygen atoms in total. The summed E-state index contributed by atoms with van der Waals surface area (Å²) in [6, 6.07) is 12.9. The van der Waals surface area contributed by atoms with Crippen LogP contribution < -0.4 is 10.1 Å². The van der Waals surface area contributed by atoms with Gasteiger partial charge in [-0.25, -0.2) is 0 Å². The summed E-state index contributed by atoms with van der Waals surface area (Å²) in [5, 5.41) is 12.0. The molecule has 1 aliphatic rings. The minimum absolute atomic E-state index is 0.0118. The van der Waals surface area contributed by atoms with Crippen LogP contribution in [-0.2, 0) is 11.2 Å². The van der Waals surface area contributed by atoms with Crippen LogP contribution in [0.15, 0.2) is 36.4 Å². The fourth-order valence-corrected chi connectivity index (χ4v) is 2.67. The van der Waals surface area contributed by atoms with Gasteiger partial charge in [0, 0.05) is 11.3 Å². The molecule has 1 aliphatic heterocycles. The first-order chi connectivity index (χ1) is 10.2. The van der Waals surface area contributed by atoms with Crippen LogP contribution in [0.5, 0.6) is 5.75 Å². The Morgan fingerprint density at radius 3 is 3.00 bits per heavy atom. The van der Waals surface area contributed by atoms with E-state index in [2.05, 4.69) is 5.32 Å². The van der Waals surface area contributed by atoms with Crippen LogP contribution in [0.4, 0.5) is 5.69 Å². The highest BCUT2D eigenvalue weighted by Crippen LogP contribution is 2.38. The largest absolute Gasteiger partial charge is 0.478 e. The topological polar surface area (TPSA) is 62.1 Å². The van der Waals surface area contributed by atoms with Crippen LogP contribution in [0, 0.1) is 11.3 Å². The fourth-order valence-electron chi connectivity index (χ4n) is 2.40. The van der Waals surface area contributed by atoms with Crippen molar-refractivity contribution in [2.45, 2.75) is 6.42 Å². The molecule has 0 bridgehead atoms. The lowest BCUT2D eigenvalue weighted by Gasteiger charge is -2.12. The molecule has 1 heterocycles. The number of nitriles is 1. The van der Waals surface area contributed by atoms with Crippen LogP contribution in [-0.4, -0.2) is 12.5 Å². The number of carbonyl (C=O) groups excluding carboxylic acids is 1. The third-order valence-electron chi connectivity index (χ3n) is 3.29. The second kappa shape index (κ2) is 5.47. The summed E-state index contributed by atoms with van der Waals surface area (Å²) >= 11 is 6.28. The summed E-state index contributed by atoms with van der Waals surface area (Å²) in [5.74, 6) is 0.545. The smallest absolute Gasteiger partial charge is 0.228 e. The molecule has 0 radical (unpaired) electrons. The molecule has 104 valence electrons. The van der Waals surface area contributed by atoms with Crippen molar-refractivity contribution in [3.8, 4) is 22.9 Å². The summed E-state index contributed by atoms with van der Waals surface area (Å²) in [5.41, 5.74) is 3.36. The van der Waals surface area contributed by atoms with Crippen molar-refractivity contribution >= 4 is 23.2 Å². The van der Waals surface area contributed by atoms with Crippen LogP contribution in [0.1, 0.15) is 5.56 Å². The molecule has 0 atom stereocenters. The standard InChI is InChI=1S/C16H11ClN2O2/c17-12-2-1-3-14(21-7-6-18)16(12)10-4-5-13-11(8-10)9-15(20)19-13/h1-5,8H,7,9H2,(H,19,20). The molecule has 0 saturated carbocycles. The third-order valence-corrected chi connectivity index (χ3v) is 3.60. The van der Waals surface area contributed by atoms with Gasteiger partial charge in [-0.2, -0.15) is 5.26 Å². The van der Waals surface area contributed by atoms with E-state index in [9.17, 15) is 4.79 Å². The van der Waals surface area contributed by atoms with E-state index in [0.717, 1.165) is 22.4 Å². The van der Waals surface area contributed by atoms with Gasteiger partial charge in [0.1, 0.15) is 11.8 Å². The quantitative estimate of drug-likeness (QED) is 0.944. The molecule has 0 aliphatic carbocycles. The average Bonchev–Trinajstić information content (AvgIpc) is 2.84. The van der Waals surface area contributed by atoms with Crippen LogP contribution in [0.3, 0.4) is 0 Å². The number of nitrogens with zero attached hydrogens (tertiary/aromatic N) is 1. The molecule has 2 aromatic rings. The van der Waals surface area contributed by atoms with Gasteiger partial charge in [0.05, 0.1) is 11.4 Å². The maximum Gasteiger partial charge on any atom is 0.228 e. The minimum Gasteiger partial charge on any atom is -0.478 e. The van der Waals surface area contributed by atoms with Gasteiger partial charge >= 0.3 is 0 Å². The van der Waals surface area contributed by atoms with E-state index < -0.39 is 0 Å². The highest BCUT2D eigenvalue weighted by atomic mass is 35.5. The van der Waals surface area contributed by atoms with Gasteiger partial charge in [-0.15, -0.1) is 0 Å². The van der Waals surface area contributed by atoms with Crippen molar-refractivity contribution in [3.05, 3.63) is 47.0 Å². The van der Waals surface area contributed by atoms with E-state index in [4.69, 9.17) is 21.6 Å². The number of benzene rings is 2. The molecule has 0 aromatic heterocycles. The number of rotatable bonds is 3. The van der Waals surface area contributed by atoms with E-state index in [-0.39, 0.29) is 12.5 Å². The summed E-state index contributed by atoms with van der Waals surface area (Å²) in [4.78, 5) is 11.4. The second-order valence-electron chi connectivity index (χ2n) is 4.66. The van der Waals surface area contributed by atoms with Crippen molar-refractivity contribution in [1.29, 1.82) is 5.26 Å². The lowest BCUT2D eigenvalue weighted by molar-refractivity contribution is -0.115. The Kier molecular flexibility index (Phi) is 3.51. The molecular weight excluding hydrogens is 288 g/mol. The predicted molar refractivity (Wildman–Crippen MR) is 80.3 cm³/mol. The first-order valence-electron chi connectivity index (χ1n) is 6.40. The van der Waals surface area contributed by atoms with Crippen molar-refractivity contribution < 1.29 is 9.53 Å². The highest BCUT2D eigenvalue weighted by Gasteiger charge is 2.19. The summed E-state index contributed by atoms with van der Waals surface area (Å²) in [6.45, 7) is -0.0433. The van der Waals surface area contributed by atoms with Gasteiger partial charge in [-0.05, 0) is 35.4 Å². The Labute approximate surface area is 126 Å². The molecular formula is C16H11ClN2O2. The second-order valence-corrected chi connectivity index (χ2v) is 5.06. The Balaban J connectivity index is 2.07. The summed E-state index contributed by atoms with van der Waals surface area (Å²) in [7, 11) is 0. The molecule has 0 saturated heterocycles. The maximum atomic E-state index is 11.4. The van der Waals surface area contributed by atoms with E-state index in [1.807, 2.05) is 24.3 Å². The van der Waals surface area contributed by atoms with E-state index >= 15 is 0 Å². The Hall–Kier alpha value is -2.51. The Morgan fingerprint density at radius 1 is 1.33 bits per heavy atom. The van der Waals surface area contributed by atoms with Crippen LogP contribution in [0.2, 0.25) is 5.02 Å². The number of ether oxygens (including phenoxy) is 1. The lowest BCUT2D eigenvalue weighted by atomic mass is 10.0. The zero-order valence-electron chi connectivity index (χ0n) is 11.0. The first-order valence-corrected chi connectivity index (χ1v) is 6.78. The normalized spacial score (nSPS) is 12.5. The molecule has 0 unspecified atom stereocenters. The molecule has 5 heteroatoms. The molecule has 3 rings (SSSR count). The summed E-state index contributed by atoms with van der Waals surface area (Å²) in [6.07, 6.45) is 0.363. The van der Waals surface area contributed by atoms with E-state index in [1.165, 1.54) is 0 Å². The van der Waals surface area contributed by atoms with E-state index in [0.29, 0.717) is 17.2 Å². The van der Waals surface area contributed by atoms with Crippen molar-refractivity contribution in [1.82, 2.24) is 0 Å². The van der Waals surface area contributed by atoms with Gasteiger partial charge in [0.25, 0.3) is 0 Å². The van der Waals surface area contributed by atoms with Crippen molar-refractivity contribution in [2.24, 2.45) is 0 Å². The summed E-state index contributed by atoms with van der Waals surface area (Å²) < 4.78 is 5.43. The number of carbonyl (C=O) groups is 1. The lowest BCUT2D eigenvalue weighted by Crippen LogP contribution is -2.03. The first kappa shape index (κ1) is 13.5. The maximum absolute atomic E-state index is 11.4. The number of hydrogen-bond acceptors (Lipinski definition) is 3. The number of hydrogen-bond donors (Lipinski definition) is 1. The van der Waals surface area contributed by atoms with Gasteiger partial charge in [-0.3, -0.25) is 4.79 Å². The molecule has 2 aromatic carbocycles. The third kappa shape index (κ3) is 2.56. The zero-order chi connectivity index (χ0) is 14.8. The minimum atomic E-state index is -0.0433. The molecule has 1 amide bonds. The molecule has 21 heavy (non-hydrogen) atoms. The number of amides is 1. The van der Waals surface area contributed by atoms with Gasteiger partial charge in [0.2, 0.25) is 5.91 Å². The Bertz CT molecular complexity index is 765. The highest BCUT2D eigenvalue weighted by molar-refractivity contribution is 6.33. The predicted octanol–water partition coefficient (Wildman–Crippen LogP) is 3.40. The van der Waals surface area contributed by atoms with Crippen molar-refractivity contribution in [3.63, 3.8) is 0 Å². The number of fused-ring (bicyclic) bond motifs is 1. The molecule has 0 fully saturated rings. The average molecular weight is 299 g/mol. The Morgan fingerprint density at radius 2 is 2.19 bits per heavy atom. The van der Waals surface area contributed by atoms with Gasteiger partial charge in [0.15, 0.2) is 6.61 Å². The number of anilines is 1. The fraction of sp³-hybridized carbons (Fsp3) is 0.125. The van der Waals surface area contributed by atoms with Crippen LogP contribution in [0.25, 0.3) is 11.1 Å². The number of nitrogens with one attached hydrogen (secondary N) is 1. The number of halogens is 1. The van der Waals surface area contributed by atoms with Gasteiger partial charge in [-0.1, -0.05) is 23.7 Å². The van der Waals surface area contributed by atoms with Crippen LogP contribution >= 0.6 is 11.6 Å². The monoisotopic (exact) mass is 298 g/mol. The molecule has 0 spiro atoms. The van der Waals surface area contributed by atoms with Gasteiger partial charge < -0.3 is 10.1 Å². The van der Waals surface area contributed by atoms with E-state index in [1.54, 1.807) is 18.2 Å².